The summed E-state index contributed by atoms with van der Waals surface area (Å²) in [4.78, 5) is 26.5. The Bertz CT molecular complexity index is 250. The highest BCUT2D eigenvalue weighted by molar-refractivity contribution is 6.20. The molecule has 0 aromatic carbocycles. The highest BCUT2D eigenvalue weighted by atomic mass is 16.7. The molecule has 4 nitrogen and oxygen atoms in total. The molecule has 0 unspecified atom stereocenters. The Kier molecular flexibility index (Phi) is 3.06. The van der Waals surface area contributed by atoms with E-state index in [1.807, 2.05) is 5.48 Å². The third-order valence-corrected chi connectivity index (χ3v) is 2.00. The van der Waals surface area contributed by atoms with Crippen molar-refractivity contribution in [3.05, 3.63) is 11.1 Å². The summed E-state index contributed by atoms with van der Waals surface area (Å²) in [5.74, 6) is -0.975. The lowest BCUT2D eigenvalue weighted by Crippen LogP contribution is -2.13. The largest absolute Gasteiger partial charge is 0.368 e. The normalized spacial score (nSPS) is 19.8. The van der Waals surface area contributed by atoms with Crippen molar-refractivity contribution >= 4 is 11.9 Å². The zero-order valence-corrected chi connectivity index (χ0v) is 7.85. The van der Waals surface area contributed by atoms with E-state index < -0.39 is 11.9 Å². The number of amides is 1. The minimum atomic E-state index is -0.557. The Morgan fingerprint density at radius 2 is 2.15 bits per heavy atom. The van der Waals surface area contributed by atoms with Crippen molar-refractivity contribution in [1.29, 1.82) is 0 Å². The number of hydrogen-bond donors (Lipinski definition) is 1. The van der Waals surface area contributed by atoms with Crippen LogP contribution in [0.1, 0.15) is 33.1 Å². The molecule has 0 spiro atoms. The van der Waals surface area contributed by atoms with E-state index in [1.165, 1.54) is 0 Å². The Labute approximate surface area is 76.9 Å². The molecule has 1 heterocycles. The molecule has 1 rings (SSSR count). The van der Waals surface area contributed by atoms with E-state index >= 15 is 0 Å². The van der Waals surface area contributed by atoms with E-state index in [0.717, 1.165) is 24.8 Å². The van der Waals surface area contributed by atoms with Gasteiger partial charge in [-0.05, 0) is 19.8 Å². The molecule has 1 aliphatic heterocycles. The number of allylic oxidation sites excluding steroid dienone is 1. The van der Waals surface area contributed by atoms with Gasteiger partial charge in [-0.25, -0.2) is 4.79 Å². The van der Waals surface area contributed by atoms with Crippen LogP contribution in [0, 0.1) is 0 Å². The maximum Gasteiger partial charge on any atom is 0.368 e. The molecule has 1 N–H and O–H groups in total. The average molecular weight is 183 g/mol. The van der Waals surface area contributed by atoms with Crippen LogP contribution in [0.15, 0.2) is 11.1 Å². The maximum absolute atomic E-state index is 11.1. The fraction of sp³-hybridized carbons (Fsp3) is 0.556. The maximum atomic E-state index is 11.1. The van der Waals surface area contributed by atoms with Gasteiger partial charge in [-0.3, -0.25) is 4.79 Å². The lowest BCUT2D eigenvalue weighted by atomic mass is 10.0. The number of hydroxylamine groups is 1. The fourth-order valence-electron chi connectivity index (χ4n) is 1.22. The molecule has 0 radical (unpaired) electrons. The number of rotatable bonds is 3. The molecule has 0 saturated carbocycles. The third-order valence-electron chi connectivity index (χ3n) is 2.00. The monoisotopic (exact) mass is 183 g/mol. The fourth-order valence-corrected chi connectivity index (χ4v) is 1.22. The lowest BCUT2D eigenvalue weighted by molar-refractivity contribution is -0.143. The van der Waals surface area contributed by atoms with E-state index in [9.17, 15) is 9.59 Å². The van der Waals surface area contributed by atoms with Gasteiger partial charge < -0.3 is 4.84 Å². The first kappa shape index (κ1) is 9.77. The molecule has 13 heavy (non-hydrogen) atoms. The van der Waals surface area contributed by atoms with Gasteiger partial charge in [-0.2, -0.15) is 5.48 Å². The van der Waals surface area contributed by atoms with Crippen molar-refractivity contribution in [3.8, 4) is 0 Å². The molecular formula is C9H13NO3. The number of hydrogen-bond acceptors (Lipinski definition) is 3. The highest BCUT2D eigenvalue weighted by Crippen LogP contribution is 2.16. The molecule has 0 aromatic rings. The van der Waals surface area contributed by atoms with E-state index in [4.69, 9.17) is 0 Å². The summed E-state index contributed by atoms with van der Waals surface area (Å²) in [6.45, 7) is 3.85. The molecule has 1 amide bonds. The number of carbonyl (C=O) groups excluding carboxylic acids is 2. The Morgan fingerprint density at radius 1 is 1.46 bits per heavy atom. The minimum Gasteiger partial charge on any atom is -0.335 e. The van der Waals surface area contributed by atoms with Gasteiger partial charge in [-0.15, -0.1) is 0 Å². The van der Waals surface area contributed by atoms with E-state index in [2.05, 4.69) is 11.8 Å². The van der Waals surface area contributed by atoms with Crippen molar-refractivity contribution in [2.75, 3.05) is 0 Å². The van der Waals surface area contributed by atoms with Crippen LogP contribution < -0.4 is 5.48 Å². The summed E-state index contributed by atoms with van der Waals surface area (Å²) in [5.41, 5.74) is 3.01. The van der Waals surface area contributed by atoms with Crippen LogP contribution in [-0.2, 0) is 14.4 Å². The molecule has 1 saturated heterocycles. The van der Waals surface area contributed by atoms with Crippen molar-refractivity contribution in [3.63, 3.8) is 0 Å². The summed E-state index contributed by atoms with van der Waals surface area (Å²) < 4.78 is 0. The van der Waals surface area contributed by atoms with Gasteiger partial charge in [0.15, 0.2) is 0 Å². The summed E-state index contributed by atoms with van der Waals surface area (Å²) >= 11 is 0. The first-order chi connectivity index (χ1) is 6.16. The Balaban J connectivity index is 2.75. The highest BCUT2D eigenvalue weighted by Gasteiger charge is 2.30. The summed E-state index contributed by atoms with van der Waals surface area (Å²) in [6, 6.07) is 0. The summed E-state index contributed by atoms with van der Waals surface area (Å²) in [7, 11) is 0. The van der Waals surface area contributed by atoms with Gasteiger partial charge in [-0.1, -0.05) is 18.9 Å². The molecule has 0 atom stereocenters. The first-order valence-electron chi connectivity index (χ1n) is 4.38. The van der Waals surface area contributed by atoms with Crippen molar-refractivity contribution in [1.82, 2.24) is 5.48 Å². The standard InChI is InChI=1S/C9H13NO3/c1-3-4-5-6(2)7-8(11)10-13-9(7)12/h3-5H2,1-2H3,(H,10,11). The molecular weight excluding hydrogens is 170 g/mol. The zero-order valence-electron chi connectivity index (χ0n) is 7.85. The molecule has 4 heteroatoms. The Hall–Kier alpha value is -1.32. The van der Waals surface area contributed by atoms with Crippen LogP contribution in [0.2, 0.25) is 0 Å². The smallest absolute Gasteiger partial charge is 0.335 e. The van der Waals surface area contributed by atoms with Crippen LogP contribution in [0.3, 0.4) is 0 Å². The number of carbonyl (C=O) groups is 2. The number of unbranched alkanes of at least 4 members (excludes halogenated alkanes) is 1. The van der Waals surface area contributed by atoms with Crippen LogP contribution in [0.25, 0.3) is 0 Å². The van der Waals surface area contributed by atoms with Gasteiger partial charge in [0, 0.05) is 0 Å². The van der Waals surface area contributed by atoms with Crippen LogP contribution in [0.5, 0.6) is 0 Å². The molecule has 1 fully saturated rings. The zero-order chi connectivity index (χ0) is 9.84. The lowest BCUT2D eigenvalue weighted by Gasteiger charge is -1.99. The van der Waals surface area contributed by atoms with Gasteiger partial charge in [0.25, 0.3) is 5.91 Å². The molecule has 1 aliphatic rings. The quantitative estimate of drug-likeness (QED) is 0.526. The van der Waals surface area contributed by atoms with Crippen LogP contribution >= 0.6 is 0 Å². The topological polar surface area (TPSA) is 55.4 Å². The SMILES string of the molecule is CCCCC(C)=C1C(=O)NOC1=O. The minimum absolute atomic E-state index is 0.174. The number of nitrogens with one attached hydrogen (secondary N) is 1. The third kappa shape index (κ3) is 2.08. The molecule has 72 valence electrons. The van der Waals surface area contributed by atoms with Crippen LogP contribution in [0.4, 0.5) is 0 Å². The first-order valence-corrected chi connectivity index (χ1v) is 4.38. The van der Waals surface area contributed by atoms with Gasteiger partial charge >= 0.3 is 5.97 Å². The van der Waals surface area contributed by atoms with E-state index in [-0.39, 0.29) is 5.57 Å². The molecule has 0 aliphatic carbocycles. The summed E-state index contributed by atoms with van der Waals surface area (Å²) in [6.07, 6.45) is 2.80. The van der Waals surface area contributed by atoms with Crippen molar-refractivity contribution in [2.45, 2.75) is 33.1 Å². The molecule has 0 aromatic heterocycles. The Morgan fingerprint density at radius 3 is 2.62 bits per heavy atom. The predicted molar refractivity (Wildman–Crippen MR) is 46.5 cm³/mol. The second-order valence-corrected chi connectivity index (χ2v) is 3.08. The van der Waals surface area contributed by atoms with Gasteiger partial charge in [0.05, 0.1) is 0 Å². The average Bonchev–Trinajstić information content (AvgIpc) is 2.42. The predicted octanol–water partition coefficient (Wildman–Crippen LogP) is 1.08. The summed E-state index contributed by atoms with van der Waals surface area (Å²) in [5, 5.41) is 0. The van der Waals surface area contributed by atoms with E-state index in [1.54, 1.807) is 6.92 Å². The van der Waals surface area contributed by atoms with E-state index in [0.29, 0.717) is 0 Å². The van der Waals surface area contributed by atoms with Gasteiger partial charge in [0.2, 0.25) is 0 Å². The van der Waals surface area contributed by atoms with Crippen LogP contribution in [-0.4, -0.2) is 11.9 Å². The second-order valence-electron chi connectivity index (χ2n) is 3.08. The van der Waals surface area contributed by atoms with Crippen molar-refractivity contribution in [2.24, 2.45) is 0 Å². The second kappa shape index (κ2) is 4.07. The molecule has 0 bridgehead atoms. The van der Waals surface area contributed by atoms with Gasteiger partial charge in [0.1, 0.15) is 5.57 Å². The van der Waals surface area contributed by atoms with Crippen molar-refractivity contribution < 1.29 is 14.4 Å².